The monoisotopic (exact) mass is 385 g/mol. The number of H-pyrrole nitrogens is 1. The van der Waals surface area contributed by atoms with Crippen molar-refractivity contribution >= 4 is 16.7 Å². The van der Waals surface area contributed by atoms with Gasteiger partial charge in [-0.2, -0.15) is 0 Å². The van der Waals surface area contributed by atoms with Gasteiger partial charge in [-0.15, -0.1) is 0 Å². The number of aromatic amines is 1. The lowest BCUT2D eigenvalue weighted by atomic mass is 9.85. The zero-order valence-corrected chi connectivity index (χ0v) is 16.5. The summed E-state index contributed by atoms with van der Waals surface area (Å²) in [6, 6.07) is 23.4. The lowest BCUT2D eigenvalue weighted by molar-refractivity contribution is 0.0977. The van der Waals surface area contributed by atoms with Crippen LogP contribution in [0, 0.1) is 0 Å². The maximum Gasteiger partial charge on any atom is 0.163 e. The molecular formula is C25H23NO3. The van der Waals surface area contributed by atoms with Crippen molar-refractivity contribution in [1.29, 1.82) is 0 Å². The van der Waals surface area contributed by atoms with Crippen molar-refractivity contribution in [2.24, 2.45) is 0 Å². The van der Waals surface area contributed by atoms with Gasteiger partial charge in [-0.3, -0.25) is 4.79 Å². The molecule has 1 unspecified atom stereocenters. The quantitative estimate of drug-likeness (QED) is 0.422. The summed E-state index contributed by atoms with van der Waals surface area (Å²) in [5.74, 6) is 1.32. The third-order valence-corrected chi connectivity index (χ3v) is 5.29. The molecule has 0 bridgehead atoms. The number of hydrogen-bond acceptors (Lipinski definition) is 3. The van der Waals surface area contributed by atoms with E-state index in [1.807, 2.05) is 72.9 Å². The number of rotatable bonds is 7. The molecule has 0 aliphatic carbocycles. The Morgan fingerprint density at radius 2 is 1.62 bits per heavy atom. The van der Waals surface area contributed by atoms with Crippen LogP contribution in [0.15, 0.2) is 79.0 Å². The minimum absolute atomic E-state index is 0.107. The molecule has 0 saturated heterocycles. The van der Waals surface area contributed by atoms with Gasteiger partial charge in [-0.1, -0.05) is 54.6 Å². The van der Waals surface area contributed by atoms with E-state index < -0.39 is 0 Å². The number of carbonyl (C=O) groups excluding carboxylic acids is 1. The Bertz CT molecular complexity index is 1130. The van der Waals surface area contributed by atoms with Crippen LogP contribution in [0.4, 0.5) is 0 Å². The van der Waals surface area contributed by atoms with Crippen LogP contribution in [0.3, 0.4) is 0 Å². The second-order valence-corrected chi connectivity index (χ2v) is 6.95. The summed E-state index contributed by atoms with van der Waals surface area (Å²) < 4.78 is 10.9. The van der Waals surface area contributed by atoms with Crippen LogP contribution < -0.4 is 9.47 Å². The highest BCUT2D eigenvalue weighted by Crippen LogP contribution is 2.38. The highest BCUT2D eigenvalue weighted by Gasteiger charge is 2.23. The van der Waals surface area contributed by atoms with Crippen LogP contribution in [0.25, 0.3) is 10.9 Å². The summed E-state index contributed by atoms with van der Waals surface area (Å²) in [4.78, 5) is 16.4. The van der Waals surface area contributed by atoms with E-state index in [0.717, 1.165) is 27.6 Å². The SMILES string of the molecule is COc1ccc(C(CC(=O)c2ccccc2)c2c[nH]c3ccccc23)cc1OC. The number of benzene rings is 3. The fourth-order valence-electron chi connectivity index (χ4n) is 3.79. The molecule has 0 radical (unpaired) electrons. The number of fused-ring (bicyclic) bond motifs is 1. The molecule has 1 heterocycles. The predicted molar refractivity (Wildman–Crippen MR) is 115 cm³/mol. The van der Waals surface area contributed by atoms with Gasteiger partial charge in [0, 0.05) is 35.0 Å². The Balaban J connectivity index is 1.80. The first kappa shape index (κ1) is 18.8. The maximum atomic E-state index is 13.1. The summed E-state index contributed by atoms with van der Waals surface area (Å²) in [6.07, 6.45) is 2.37. The topological polar surface area (TPSA) is 51.3 Å². The molecule has 1 N–H and O–H groups in total. The average molecular weight is 385 g/mol. The van der Waals surface area contributed by atoms with Crippen molar-refractivity contribution in [3.63, 3.8) is 0 Å². The number of aromatic nitrogens is 1. The third kappa shape index (κ3) is 3.74. The van der Waals surface area contributed by atoms with Crippen molar-refractivity contribution in [2.75, 3.05) is 14.2 Å². The molecule has 0 aliphatic heterocycles. The number of ketones is 1. The highest BCUT2D eigenvalue weighted by atomic mass is 16.5. The van der Waals surface area contributed by atoms with E-state index in [4.69, 9.17) is 9.47 Å². The number of para-hydroxylation sites is 1. The third-order valence-electron chi connectivity index (χ3n) is 5.29. The Kier molecular flexibility index (Phi) is 5.34. The van der Waals surface area contributed by atoms with Gasteiger partial charge < -0.3 is 14.5 Å². The number of methoxy groups -OCH3 is 2. The molecule has 3 aromatic carbocycles. The van der Waals surface area contributed by atoms with E-state index >= 15 is 0 Å². The lowest BCUT2D eigenvalue weighted by Gasteiger charge is -2.19. The van der Waals surface area contributed by atoms with Crippen molar-refractivity contribution in [2.45, 2.75) is 12.3 Å². The second kappa shape index (κ2) is 8.23. The highest BCUT2D eigenvalue weighted by molar-refractivity contribution is 5.97. The van der Waals surface area contributed by atoms with E-state index in [2.05, 4.69) is 11.1 Å². The summed E-state index contributed by atoms with van der Waals surface area (Å²) in [7, 11) is 3.24. The second-order valence-electron chi connectivity index (χ2n) is 6.95. The normalized spacial score (nSPS) is 11.9. The van der Waals surface area contributed by atoms with Crippen LogP contribution in [-0.2, 0) is 0 Å². The van der Waals surface area contributed by atoms with Crippen LogP contribution in [0.1, 0.15) is 33.8 Å². The lowest BCUT2D eigenvalue weighted by Crippen LogP contribution is -2.09. The predicted octanol–water partition coefficient (Wildman–Crippen LogP) is 5.59. The fraction of sp³-hybridized carbons (Fsp3) is 0.160. The molecule has 0 saturated carbocycles. The molecule has 0 spiro atoms. The Morgan fingerprint density at radius 3 is 2.38 bits per heavy atom. The molecule has 146 valence electrons. The average Bonchev–Trinajstić information content (AvgIpc) is 3.21. The number of ether oxygens (including phenoxy) is 2. The van der Waals surface area contributed by atoms with Crippen molar-refractivity contribution in [1.82, 2.24) is 4.98 Å². The van der Waals surface area contributed by atoms with Crippen LogP contribution in [-0.4, -0.2) is 25.0 Å². The summed E-state index contributed by atoms with van der Waals surface area (Å²) in [5.41, 5.74) is 3.88. The van der Waals surface area contributed by atoms with Gasteiger partial charge in [0.2, 0.25) is 0 Å². The molecule has 4 aromatic rings. The van der Waals surface area contributed by atoms with Crippen LogP contribution >= 0.6 is 0 Å². The first-order chi connectivity index (χ1) is 14.2. The van der Waals surface area contributed by atoms with Gasteiger partial charge in [-0.25, -0.2) is 0 Å². The van der Waals surface area contributed by atoms with E-state index in [9.17, 15) is 4.79 Å². The molecule has 0 amide bonds. The van der Waals surface area contributed by atoms with E-state index in [0.29, 0.717) is 17.9 Å². The molecule has 1 aromatic heterocycles. The summed E-state index contributed by atoms with van der Waals surface area (Å²) >= 11 is 0. The number of hydrogen-bond donors (Lipinski definition) is 1. The van der Waals surface area contributed by atoms with Gasteiger partial charge in [-0.05, 0) is 29.3 Å². The first-order valence-electron chi connectivity index (χ1n) is 9.57. The Hall–Kier alpha value is -3.53. The standard InChI is InChI=1S/C25H23NO3/c1-28-24-13-12-18(14-25(24)29-2)20(15-23(27)17-8-4-3-5-9-17)21-16-26-22-11-7-6-10-19(21)22/h3-14,16,20,26H,15H2,1-2H3. The largest absolute Gasteiger partial charge is 0.493 e. The molecule has 0 fully saturated rings. The molecule has 0 aliphatic rings. The first-order valence-corrected chi connectivity index (χ1v) is 9.57. The van der Waals surface area contributed by atoms with Crippen LogP contribution in [0.5, 0.6) is 11.5 Å². The molecule has 4 rings (SSSR count). The molecule has 29 heavy (non-hydrogen) atoms. The van der Waals surface area contributed by atoms with Crippen molar-refractivity contribution in [3.8, 4) is 11.5 Å². The smallest absolute Gasteiger partial charge is 0.163 e. The van der Waals surface area contributed by atoms with Crippen molar-refractivity contribution < 1.29 is 14.3 Å². The van der Waals surface area contributed by atoms with Gasteiger partial charge in [0.25, 0.3) is 0 Å². The summed E-state index contributed by atoms with van der Waals surface area (Å²) in [6.45, 7) is 0. The fourth-order valence-corrected chi connectivity index (χ4v) is 3.79. The number of carbonyl (C=O) groups is 1. The molecule has 1 atom stereocenters. The summed E-state index contributed by atoms with van der Waals surface area (Å²) in [5, 5.41) is 1.12. The Labute approximate surface area is 170 Å². The van der Waals surface area contributed by atoms with Crippen molar-refractivity contribution in [3.05, 3.63) is 95.7 Å². The van der Waals surface area contributed by atoms with Gasteiger partial charge in [0.1, 0.15) is 0 Å². The minimum Gasteiger partial charge on any atom is -0.493 e. The Morgan fingerprint density at radius 1 is 0.897 bits per heavy atom. The number of nitrogens with one attached hydrogen (secondary N) is 1. The zero-order chi connectivity index (χ0) is 20.2. The molecule has 4 nitrogen and oxygen atoms in total. The van der Waals surface area contributed by atoms with Gasteiger partial charge in [0.05, 0.1) is 14.2 Å². The zero-order valence-electron chi connectivity index (χ0n) is 16.5. The van der Waals surface area contributed by atoms with Gasteiger partial charge >= 0.3 is 0 Å². The minimum atomic E-state index is -0.112. The maximum absolute atomic E-state index is 13.1. The molecule has 4 heteroatoms. The van der Waals surface area contributed by atoms with Gasteiger partial charge in [0.15, 0.2) is 17.3 Å². The molecular weight excluding hydrogens is 362 g/mol. The van der Waals surface area contributed by atoms with E-state index in [1.165, 1.54) is 0 Å². The van der Waals surface area contributed by atoms with E-state index in [1.54, 1.807) is 14.2 Å². The van der Waals surface area contributed by atoms with E-state index in [-0.39, 0.29) is 11.7 Å². The van der Waals surface area contributed by atoms with Crippen LogP contribution in [0.2, 0.25) is 0 Å². The number of Topliss-reactive ketones (excluding diaryl/α,β-unsaturated/α-hetero) is 1.